The third kappa shape index (κ3) is 5.57. The van der Waals surface area contributed by atoms with Crippen molar-refractivity contribution in [3.05, 3.63) is 64.8 Å². The van der Waals surface area contributed by atoms with Crippen LogP contribution in [0.5, 0.6) is 5.75 Å². The lowest BCUT2D eigenvalue weighted by atomic mass is 10.2. The van der Waals surface area contributed by atoms with Crippen molar-refractivity contribution in [2.75, 3.05) is 19.7 Å². The number of amides is 1. The van der Waals surface area contributed by atoms with E-state index in [-0.39, 0.29) is 24.6 Å². The van der Waals surface area contributed by atoms with Crippen LogP contribution in [0, 0.1) is 0 Å². The van der Waals surface area contributed by atoms with Gasteiger partial charge < -0.3 is 10.1 Å². The summed E-state index contributed by atoms with van der Waals surface area (Å²) in [7, 11) is -3.70. The first kappa shape index (κ1) is 21.3. The van der Waals surface area contributed by atoms with Gasteiger partial charge in [0.05, 0.1) is 9.92 Å². The molecule has 7 nitrogen and oxygen atoms in total. The Kier molecular flexibility index (Phi) is 6.92. The van der Waals surface area contributed by atoms with Crippen molar-refractivity contribution < 1.29 is 17.9 Å². The van der Waals surface area contributed by atoms with Crippen molar-refractivity contribution >= 4 is 50.0 Å². The van der Waals surface area contributed by atoms with E-state index in [2.05, 4.69) is 15.0 Å². The molecule has 0 saturated heterocycles. The first-order chi connectivity index (χ1) is 13.9. The normalized spacial score (nSPS) is 11.4. The fourth-order valence-corrected chi connectivity index (χ4v) is 4.08. The Bertz CT molecular complexity index is 1140. The van der Waals surface area contributed by atoms with Crippen LogP contribution in [0.3, 0.4) is 0 Å². The van der Waals surface area contributed by atoms with Crippen LogP contribution in [0.2, 0.25) is 10.0 Å². The molecule has 0 bridgehead atoms. The highest BCUT2D eigenvalue weighted by atomic mass is 35.5. The number of aromatic nitrogens is 1. The highest BCUT2D eigenvalue weighted by molar-refractivity contribution is 7.89. The molecule has 0 aliphatic rings. The summed E-state index contributed by atoms with van der Waals surface area (Å²) in [6.45, 7) is -0.123. The molecule has 10 heteroatoms. The Morgan fingerprint density at radius 1 is 1.07 bits per heavy atom. The third-order valence-corrected chi connectivity index (χ3v) is 5.91. The lowest BCUT2D eigenvalue weighted by Gasteiger charge is -2.11. The SMILES string of the molecule is O=C(COc1ccc(Cl)c2cccnc12)NCCNS(=O)(=O)c1cccc(Cl)c1. The van der Waals surface area contributed by atoms with Crippen LogP contribution >= 0.6 is 23.2 Å². The monoisotopic (exact) mass is 453 g/mol. The summed E-state index contributed by atoms with van der Waals surface area (Å²) >= 11 is 11.9. The van der Waals surface area contributed by atoms with E-state index in [1.165, 1.54) is 12.1 Å². The highest BCUT2D eigenvalue weighted by Gasteiger charge is 2.14. The van der Waals surface area contributed by atoms with Gasteiger partial charge in [-0.2, -0.15) is 0 Å². The summed E-state index contributed by atoms with van der Waals surface area (Å²) in [5.41, 5.74) is 0.557. The van der Waals surface area contributed by atoms with Gasteiger partial charge in [-0.1, -0.05) is 29.3 Å². The quantitative estimate of drug-likeness (QED) is 0.510. The van der Waals surface area contributed by atoms with Crippen LogP contribution in [0.15, 0.2) is 59.6 Å². The molecule has 3 rings (SSSR count). The van der Waals surface area contributed by atoms with Gasteiger partial charge in [0.2, 0.25) is 10.0 Å². The number of hydrogen-bond donors (Lipinski definition) is 2. The zero-order valence-corrected chi connectivity index (χ0v) is 17.4. The Labute approximate surface area is 178 Å². The maximum atomic E-state index is 12.2. The number of halogens is 2. The highest BCUT2D eigenvalue weighted by Crippen LogP contribution is 2.29. The molecule has 0 aliphatic heterocycles. The van der Waals surface area contributed by atoms with Gasteiger partial charge >= 0.3 is 0 Å². The Morgan fingerprint density at radius 2 is 1.90 bits per heavy atom. The molecule has 3 aromatic rings. The minimum atomic E-state index is -3.70. The Morgan fingerprint density at radius 3 is 2.69 bits per heavy atom. The molecule has 2 N–H and O–H groups in total. The van der Waals surface area contributed by atoms with Crippen LogP contribution in [-0.2, 0) is 14.8 Å². The predicted molar refractivity (Wildman–Crippen MR) is 112 cm³/mol. The van der Waals surface area contributed by atoms with Crippen molar-refractivity contribution in [2.45, 2.75) is 4.90 Å². The third-order valence-electron chi connectivity index (χ3n) is 3.88. The average Bonchev–Trinajstić information content (AvgIpc) is 2.71. The van der Waals surface area contributed by atoms with Crippen LogP contribution in [0.1, 0.15) is 0 Å². The van der Waals surface area contributed by atoms with E-state index in [0.29, 0.717) is 21.3 Å². The molecule has 29 heavy (non-hydrogen) atoms. The predicted octanol–water partition coefficient (Wildman–Crippen LogP) is 3.02. The van der Waals surface area contributed by atoms with Crippen molar-refractivity contribution in [1.29, 1.82) is 0 Å². The lowest BCUT2D eigenvalue weighted by Crippen LogP contribution is -2.36. The largest absolute Gasteiger partial charge is 0.481 e. The average molecular weight is 454 g/mol. The van der Waals surface area contributed by atoms with Crippen molar-refractivity contribution in [1.82, 2.24) is 15.0 Å². The summed E-state index contributed by atoms with van der Waals surface area (Å²) in [6, 6.07) is 12.8. The second-order valence-corrected chi connectivity index (χ2v) is 8.55. The Hall–Kier alpha value is -2.39. The molecular formula is C19H17Cl2N3O4S. The van der Waals surface area contributed by atoms with E-state index in [0.717, 1.165) is 5.39 Å². The first-order valence-corrected chi connectivity index (χ1v) is 10.8. The van der Waals surface area contributed by atoms with Gasteiger partial charge in [-0.05, 0) is 42.5 Å². The van der Waals surface area contributed by atoms with Gasteiger partial charge in [0.1, 0.15) is 11.3 Å². The van der Waals surface area contributed by atoms with Crippen LogP contribution in [0.25, 0.3) is 10.9 Å². The molecule has 0 unspecified atom stereocenters. The summed E-state index contributed by atoms with van der Waals surface area (Å²) in [4.78, 5) is 16.3. The number of sulfonamides is 1. The minimum absolute atomic E-state index is 0.0199. The zero-order valence-electron chi connectivity index (χ0n) is 15.1. The summed E-state index contributed by atoms with van der Waals surface area (Å²) < 4.78 is 32.3. The smallest absolute Gasteiger partial charge is 0.257 e. The van der Waals surface area contributed by atoms with E-state index >= 15 is 0 Å². The van der Waals surface area contributed by atoms with E-state index in [1.54, 1.807) is 36.5 Å². The summed E-state index contributed by atoms with van der Waals surface area (Å²) in [5.74, 6) is 0.0350. The molecule has 152 valence electrons. The molecule has 2 aromatic carbocycles. The van der Waals surface area contributed by atoms with Gasteiger partial charge in [0.25, 0.3) is 5.91 Å². The summed E-state index contributed by atoms with van der Waals surface area (Å²) in [6.07, 6.45) is 1.61. The van der Waals surface area contributed by atoms with E-state index in [4.69, 9.17) is 27.9 Å². The second-order valence-electron chi connectivity index (χ2n) is 5.94. The number of hydrogen-bond acceptors (Lipinski definition) is 5. The maximum Gasteiger partial charge on any atom is 0.257 e. The fraction of sp³-hybridized carbons (Fsp3) is 0.158. The molecule has 0 aliphatic carbocycles. The van der Waals surface area contributed by atoms with E-state index in [9.17, 15) is 13.2 Å². The first-order valence-electron chi connectivity index (χ1n) is 8.55. The summed E-state index contributed by atoms with van der Waals surface area (Å²) in [5, 5.41) is 4.17. The lowest BCUT2D eigenvalue weighted by molar-refractivity contribution is -0.123. The molecule has 0 radical (unpaired) electrons. The van der Waals surface area contributed by atoms with Gasteiger partial charge in [0, 0.05) is 29.7 Å². The number of pyridine rings is 1. The van der Waals surface area contributed by atoms with Crippen molar-refractivity contribution in [2.24, 2.45) is 0 Å². The zero-order chi connectivity index (χ0) is 20.9. The molecule has 0 saturated carbocycles. The molecule has 0 fully saturated rings. The standard InChI is InChI=1S/C19H17Cl2N3O4S/c20-13-3-1-4-14(11-13)29(26,27)24-10-9-22-18(25)12-28-17-7-6-16(21)15-5-2-8-23-19(15)17/h1-8,11,24H,9-10,12H2,(H,22,25). The maximum absolute atomic E-state index is 12.2. The van der Waals surface area contributed by atoms with Crippen LogP contribution in [-0.4, -0.2) is 39.0 Å². The minimum Gasteiger partial charge on any atom is -0.481 e. The second kappa shape index (κ2) is 9.41. The molecule has 0 spiro atoms. The topological polar surface area (TPSA) is 97.4 Å². The van der Waals surface area contributed by atoms with Crippen LogP contribution in [0.4, 0.5) is 0 Å². The molecule has 0 atom stereocenters. The number of rotatable bonds is 8. The fourth-order valence-electron chi connectivity index (χ4n) is 2.53. The van der Waals surface area contributed by atoms with Crippen LogP contribution < -0.4 is 14.8 Å². The van der Waals surface area contributed by atoms with Gasteiger partial charge in [-0.15, -0.1) is 0 Å². The number of carbonyl (C=O) groups excluding carboxylic acids is 1. The molecule has 1 heterocycles. The van der Waals surface area contributed by atoms with Gasteiger partial charge in [-0.25, -0.2) is 13.1 Å². The molecular weight excluding hydrogens is 437 g/mol. The van der Waals surface area contributed by atoms with E-state index in [1.807, 2.05) is 6.07 Å². The number of carbonyl (C=O) groups is 1. The van der Waals surface area contributed by atoms with Crippen molar-refractivity contribution in [3.8, 4) is 5.75 Å². The van der Waals surface area contributed by atoms with Crippen molar-refractivity contribution in [3.63, 3.8) is 0 Å². The number of nitrogens with one attached hydrogen (secondary N) is 2. The Balaban J connectivity index is 1.48. The number of ether oxygens (including phenoxy) is 1. The molecule has 1 amide bonds. The van der Waals surface area contributed by atoms with E-state index < -0.39 is 15.9 Å². The number of benzene rings is 2. The van der Waals surface area contributed by atoms with Gasteiger partial charge in [-0.3, -0.25) is 9.78 Å². The molecule has 1 aromatic heterocycles. The number of nitrogens with zero attached hydrogens (tertiary/aromatic N) is 1. The number of fused-ring (bicyclic) bond motifs is 1. The van der Waals surface area contributed by atoms with Gasteiger partial charge in [0.15, 0.2) is 6.61 Å².